The Bertz CT molecular complexity index is 2080. The molecule has 1 saturated heterocycles. The first-order valence-corrected chi connectivity index (χ1v) is 14.3. The normalized spacial score (nSPS) is 15.6. The number of carboxylic acids is 1. The standard InChI is InChI=1S/C34H25F5N4O4/c1-34(2)16-46-15-29(34)43-28-11-20(33(44)45)10-26(39)31(28)42-30(43)12-21-24(37)8-19(9-25(21)38)27-6-5-22(35)32(41-27)47-14-18-4-3-17(13-40)7-23(18)36/h3-11,29H,12,14-16H2,1-2H3,(H,44,45). The van der Waals surface area contributed by atoms with E-state index in [-0.39, 0.29) is 51.4 Å². The number of hydrogen-bond donors (Lipinski definition) is 1. The van der Waals surface area contributed by atoms with Gasteiger partial charge in [-0.2, -0.15) is 5.26 Å². The Hall–Kier alpha value is -5.35. The van der Waals surface area contributed by atoms with Crippen LogP contribution in [0, 0.1) is 45.8 Å². The van der Waals surface area contributed by atoms with E-state index < -0.39 is 71.0 Å². The molecule has 0 radical (unpaired) electrons. The molecule has 0 spiro atoms. The molecule has 6 rings (SSSR count). The quantitative estimate of drug-likeness (QED) is 0.178. The predicted molar refractivity (Wildman–Crippen MR) is 158 cm³/mol. The van der Waals surface area contributed by atoms with E-state index in [1.807, 2.05) is 13.8 Å². The minimum Gasteiger partial charge on any atom is -0.478 e. The molecular weight excluding hydrogens is 623 g/mol. The van der Waals surface area contributed by atoms with Crippen LogP contribution in [0.2, 0.25) is 0 Å². The minimum absolute atomic E-state index is 0.0357. The summed E-state index contributed by atoms with van der Waals surface area (Å²) in [5.41, 5.74) is -1.14. The van der Waals surface area contributed by atoms with Gasteiger partial charge in [-0.15, -0.1) is 0 Å². The number of aromatic nitrogens is 3. The molecule has 3 aromatic carbocycles. The molecule has 13 heteroatoms. The smallest absolute Gasteiger partial charge is 0.335 e. The van der Waals surface area contributed by atoms with Crippen molar-refractivity contribution in [2.75, 3.05) is 13.2 Å². The molecule has 1 unspecified atom stereocenters. The number of aromatic carboxylic acids is 1. The maximum absolute atomic E-state index is 15.7. The Morgan fingerprint density at radius 2 is 1.74 bits per heavy atom. The van der Waals surface area contributed by atoms with Crippen molar-refractivity contribution < 1.29 is 41.3 Å². The van der Waals surface area contributed by atoms with Crippen LogP contribution in [0.3, 0.4) is 0 Å². The summed E-state index contributed by atoms with van der Waals surface area (Å²) in [7, 11) is 0. The maximum Gasteiger partial charge on any atom is 0.335 e. The first-order chi connectivity index (χ1) is 22.4. The van der Waals surface area contributed by atoms with Gasteiger partial charge in [-0.3, -0.25) is 0 Å². The van der Waals surface area contributed by atoms with Crippen molar-refractivity contribution in [2.24, 2.45) is 5.41 Å². The van der Waals surface area contributed by atoms with Gasteiger partial charge in [-0.25, -0.2) is 36.7 Å². The number of hydrogen-bond acceptors (Lipinski definition) is 6. The zero-order valence-electron chi connectivity index (χ0n) is 25.0. The van der Waals surface area contributed by atoms with Crippen LogP contribution in [0.4, 0.5) is 22.0 Å². The highest BCUT2D eigenvalue weighted by molar-refractivity contribution is 5.93. The van der Waals surface area contributed by atoms with Gasteiger partial charge in [0.1, 0.15) is 35.4 Å². The summed E-state index contributed by atoms with van der Waals surface area (Å²) in [5, 5.41) is 18.4. The molecule has 0 amide bonds. The monoisotopic (exact) mass is 648 g/mol. The lowest BCUT2D eigenvalue weighted by Crippen LogP contribution is -2.27. The van der Waals surface area contributed by atoms with Crippen molar-refractivity contribution in [1.82, 2.24) is 14.5 Å². The summed E-state index contributed by atoms with van der Waals surface area (Å²) in [6.07, 6.45) is -0.414. The molecule has 8 nitrogen and oxygen atoms in total. The Morgan fingerprint density at radius 3 is 2.38 bits per heavy atom. The fourth-order valence-electron chi connectivity index (χ4n) is 5.62. The van der Waals surface area contributed by atoms with Gasteiger partial charge in [0.05, 0.1) is 47.7 Å². The van der Waals surface area contributed by atoms with Crippen LogP contribution in [0.25, 0.3) is 22.3 Å². The molecule has 1 atom stereocenters. The summed E-state index contributed by atoms with van der Waals surface area (Å²) in [6, 6.07) is 11.4. The highest BCUT2D eigenvalue weighted by atomic mass is 19.1. The Labute approximate surface area is 264 Å². The Balaban J connectivity index is 1.34. The van der Waals surface area contributed by atoms with Crippen LogP contribution in [0.15, 0.2) is 54.6 Å². The first-order valence-electron chi connectivity index (χ1n) is 14.3. The van der Waals surface area contributed by atoms with Gasteiger partial charge >= 0.3 is 5.97 Å². The number of ether oxygens (including phenoxy) is 2. The number of nitrogens with zero attached hydrogens (tertiary/aromatic N) is 4. The molecular formula is C34H25F5N4O4. The number of imidazole rings is 1. The van der Waals surface area contributed by atoms with Gasteiger partial charge in [0, 0.05) is 28.5 Å². The molecule has 3 heterocycles. The van der Waals surface area contributed by atoms with Gasteiger partial charge in [0.25, 0.3) is 5.88 Å². The second-order valence-electron chi connectivity index (χ2n) is 11.8. The summed E-state index contributed by atoms with van der Waals surface area (Å²) in [5.74, 6) is -6.27. The maximum atomic E-state index is 15.7. The van der Waals surface area contributed by atoms with E-state index >= 15 is 13.2 Å². The first kappa shape index (κ1) is 31.6. The van der Waals surface area contributed by atoms with Crippen molar-refractivity contribution in [3.05, 3.63) is 112 Å². The zero-order chi connectivity index (χ0) is 33.6. The van der Waals surface area contributed by atoms with E-state index in [2.05, 4.69) is 9.97 Å². The van der Waals surface area contributed by atoms with Crippen LogP contribution in [-0.2, 0) is 17.8 Å². The number of pyridine rings is 1. The minimum atomic E-state index is -1.35. The van der Waals surface area contributed by atoms with Crippen LogP contribution in [-0.4, -0.2) is 38.8 Å². The molecule has 240 valence electrons. The van der Waals surface area contributed by atoms with Crippen molar-refractivity contribution in [3.63, 3.8) is 0 Å². The van der Waals surface area contributed by atoms with Crippen LogP contribution < -0.4 is 4.74 Å². The van der Waals surface area contributed by atoms with Gasteiger partial charge in [-0.05, 0) is 48.5 Å². The van der Waals surface area contributed by atoms with E-state index in [1.165, 1.54) is 24.3 Å². The molecule has 0 bridgehead atoms. The molecule has 1 aliphatic rings. The number of carboxylic acid groups (broad SMARTS) is 1. The molecule has 1 N–H and O–H groups in total. The van der Waals surface area contributed by atoms with Gasteiger partial charge in [0.2, 0.25) is 0 Å². The van der Waals surface area contributed by atoms with E-state index in [0.29, 0.717) is 6.61 Å². The molecule has 1 fully saturated rings. The van der Waals surface area contributed by atoms with Crippen LogP contribution in [0.5, 0.6) is 5.88 Å². The number of fused-ring (bicyclic) bond motifs is 1. The number of rotatable bonds is 8. The van der Waals surface area contributed by atoms with Gasteiger partial charge in [-0.1, -0.05) is 19.9 Å². The molecule has 5 aromatic rings. The Morgan fingerprint density at radius 1 is 1.00 bits per heavy atom. The third kappa shape index (κ3) is 5.99. The molecule has 0 aliphatic carbocycles. The lowest BCUT2D eigenvalue weighted by molar-refractivity contribution is 0.0696. The van der Waals surface area contributed by atoms with E-state index in [4.69, 9.17) is 14.7 Å². The summed E-state index contributed by atoms with van der Waals surface area (Å²) in [6.45, 7) is 3.91. The lowest BCUT2D eigenvalue weighted by atomic mass is 9.87. The molecule has 2 aromatic heterocycles. The van der Waals surface area contributed by atoms with Crippen LogP contribution in [0.1, 0.15) is 52.8 Å². The number of benzene rings is 3. The summed E-state index contributed by atoms with van der Waals surface area (Å²) < 4.78 is 87.8. The predicted octanol–water partition coefficient (Wildman–Crippen LogP) is 7.13. The van der Waals surface area contributed by atoms with E-state index in [0.717, 1.165) is 30.3 Å². The highest BCUT2D eigenvalue weighted by Crippen LogP contribution is 2.41. The van der Waals surface area contributed by atoms with Crippen molar-refractivity contribution in [1.29, 1.82) is 5.26 Å². The molecule has 1 aliphatic heterocycles. The number of nitriles is 1. The summed E-state index contributed by atoms with van der Waals surface area (Å²) >= 11 is 0. The highest BCUT2D eigenvalue weighted by Gasteiger charge is 2.39. The average molecular weight is 649 g/mol. The van der Waals surface area contributed by atoms with Crippen molar-refractivity contribution in [3.8, 4) is 23.2 Å². The molecule has 0 saturated carbocycles. The van der Waals surface area contributed by atoms with Crippen molar-refractivity contribution in [2.45, 2.75) is 32.9 Å². The third-order valence-corrected chi connectivity index (χ3v) is 8.16. The fourth-order valence-corrected chi connectivity index (χ4v) is 5.62. The largest absolute Gasteiger partial charge is 0.478 e. The van der Waals surface area contributed by atoms with Crippen LogP contribution >= 0.6 is 0 Å². The Kier molecular flexibility index (Phi) is 8.15. The van der Waals surface area contributed by atoms with E-state index in [9.17, 15) is 18.7 Å². The SMILES string of the molecule is CC1(C)COCC1n1c(Cc2c(F)cc(-c3ccc(F)c(OCc4ccc(C#N)cc4F)n3)cc2F)nc2c(F)cc(C(=O)O)cc21. The van der Waals surface area contributed by atoms with E-state index in [1.54, 1.807) is 10.6 Å². The summed E-state index contributed by atoms with van der Waals surface area (Å²) in [4.78, 5) is 20.1. The van der Waals surface area contributed by atoms with Gasteiger partial charge in [0.15, 0.2) is 11.6 Å². The second-order valence-corrected chi connectivity index (χ2v) is 11.8. The topological polar surface area (TPSA) is 110 Å². The van der Waals surface area contributed by atoms with Crippen molar-refractivity contribution >= 4 is 17.0 Å². The average Bonchev–Trinajstić information content (AvgIpc) is 3.56. The number of carbonyl (C=O) groups is 1. The third-order valence-electron chi connectivity index (χ3n) is 8.16. The molecule has 47 heavy (non-hydrogen) atoms. The second kappa shape index (κ2) is 12.1. The lowest BCUT2D eigenvalue weighted by Gasteiger charge is -2.28. The van der Waals surface area contributed by atoms with Gasteiger partial charge < -0.3 is 19.1 Å². The number of halogens is 5. The fraction of sp³-hybridized carbons (Fsp3) is 0.235. The zero-order valence-corrected chi connectivity index (χ0v) is 25.0.